The number of nitrogens with one attached hydrogen (secondary N) is 3. The molecular formula is C16H30Cl2CuN6O8. The Kier molecular flexibility index (Phi) is 21.1. The minimum atomic E-state index is -4.94. The van der Waals surface area contributed by atoms with Crippen LogP contribution in [-0.4, -0.2) is 62.2 Å². The van der Waals surface area contributed by atoms with Gasteiger partial charge in [-0.05, 0) is 31.6 Å². The second-order valence-electron chi connectivity index (χ2n) is 6.46. The standard InChI is InChI=1S/C16H30N6.2ClHO4.Cu/c17-5-2-6-18-7-10-22-11-8-19-13-15-3-1-4-16(21-15)14-20-9-12-22;2*2-1(3,4)5;/h1,3-4,18-20H,2,5-14,17H2;2*(H,2,3,4,5);/q;;;+2/p-2. The average Bonchev–Trinajstić information content (AvgIpc) is 2.64. The van der Waals surface area contributed by atoms with Gasteiger partial charge in [0.2, 0.25) is 0 Å². The molecule has 1 aliphatic rings. The van der Waals surface area contributed by atoms with Gasteiger partial charge in [0.1, 0.15) is 0 Å². The van der Waals surface area contributed by atoms with Gasteiger partial charge in [0.15, 0.2) is 0 Å². The fourth-order valence-electron chi connectivity index (χ4n) is 2.56. The van der Waals surface area contributed by atoms with E-state index in [0.29, 0.717) is 0 Å². The van der Waals surface area contributed by atoms with Crippen molar-refractivity contribution in [2.45, 2.75) is 19.5 Å². The van der Waals surface area contributed by atoms with Crippen molar-refractivity contribution in [2.24, 2.45) is 5.73 Å². The Balaban J connectivity index is 0. The molecule has 1 radical (unpaired) electrons. The Labute approximate surface area is 207 Å². The summed E-state index contributed by atoms with van der Waals surface area (Å²) in [4.78, 5) is 7.14. The minimum absolute atomic E-state index is 0. The van der Waals surface area contributed by atoms with Crippen LogP contribution in [-0.2, 0) is 30.2 Å². The van der Waals surface area contributed by atoms with Crippen molar-refractivity contribution in [3.05, 3.63) is 29.6 Å². The summed E-state index contributed by atoms with van der Waals surface area (Å²) in [7, 11) is -9.89. The van der Waals surface area contributed by atoms with Crippen molar-refractivity contribution in [3.8, 4) is 0 Å². The maximum atomic E-state index is 8.49. The molecule has 1 aromatic heterocycles. The normalized spacial score (nSPS) is 15.4. The molecule has 17 heteroatoms. The van der Waals surface area contributed by atoms with E-state index in [1.54, 1.807) is 0 Å². The van der Waals surface area contributed by atoms with Crippen LogP contribution >= 0.6 is 0 Å². The molecular weight excluding hydrogens is 539 g/mol. The second-order valence-corrected chi connectivity index (χ2v) is 7.98. The van der Waals surface area contributed by atoms with Crippen LogP contribution in [0.5, 0.6) is 0 Å². The molecule has 14 nitrogen and oxygen atoms in total. The van der Waals surface area contributed by atoms with Crippen molar-refractivity contribution in [1.29, 1.82) is 0 Å². The Hall–Kier alpha value is -0.271. The molecule has 2 bridgehead atoms. The van der Waals surface area contributed by atoms with Crippen LogP contribution in [0.1, 0.15) is 17.8 Å². The molecule has 0 fully saturated rings. The Bertz CT molecular complexity index is 550. The number of nitrogens with two attached hydrogens (primary N) is 1. The molecule has 2 heterocycles. The third-order valence-electron chi connectivity index (χ3n) is 3.85. The quantitative estimate of drug-likeness (QED) is 0.183. The Morgan fingerprint density at radius 2 is 1.33 bits per heavy atom. The van der Waals surface area contributed by atoms with Crippen molar-refractivity contribution in [3.63, 3.8) is 0 Å². The van der Waals surface area contributed by atoms with E-state index in [4.69, 9.17) is 43.0 Å². The van der Waals surface area contributed by atoms with E-state index in [9.17, 15) is 0 Å². The first-order valence-electron chi connectivity index (χ1n) is 9.61. The van der Waals surface area contributed by atoms with Crippen molar-refractivity contribution in [2.75, 3.05) is 52.4 Å². The van der Waals surface area contributed by atoms with E-state index in [1.807, 2.05) is 0 Å². The van der Waals surface area contributed by atoms with E-state index in [1.165, 1.54) is 0 Å². The zero-order chi connectivity index (χ0) is 24.5. The minimum Gasteiger partial charge on any atom is -0.330 e. The van der Waals surface area contributed by atoms with E-state index >= 15 is 0 Å². The van der Waals surface area contributed by atoms with Gasteiger partial charge < -0.3 is 21.7 Å². The van der Waals surface area contributed by atoms with Gasteiger partial charge >= 0.3 is 17.1 Å². The van der Waals surface area contributed by atoms with Crippen LogP contribution in [0, 0.1) is 20.5 Å². The molecule has 0 aromatic carbocycles. The molecule has 1 aromatic rings. The molecule has 0 amide bonds. The molecule has 0 atom stereocenters. The molecule has 0 saturated heterocycles. The number of rotatable bonds is 6. The number of aromatic nitrogens is 1. The van der Waals surface area contributed by atoms with Crippen LogP contribution in [0.2, 0.25) is 0 Å². The molecule has 5 N–H and O–H groups in total. The fourth-order valence-corrected chi connectivity index (χ4v) is 2.56. The predicted molar refractivity (Wildman–Crippen MR) is 90.6 cm³/mol. The number of fused-ring (bicyclic) bond motifs is 2. The molecule has 0 saturated carbocycles. The van der Waals surface area contributed by atoms with E-state index in [-0.39, 0.29) is 17.1 Å². The summed E-state index contributed by atoms with van der Waals surface area (Å²) in [5.41, 5.74) is 7.74. The van der Waals surface area contributed by atoms with Gasteiger partial charge in [-0.25, -0.2) is 37.3 Å². The number of pyridine rings is 1. The van der Waals surface area contributed by atoms with Gasteiger partial charge in [0, 0.05) is 52.4 Å². The summed E-state index contributed by atoms with van der Waals surface area (Å²) in [5, 5.41) is 10.4. The van der Waals surface area contributed by atoms with Crippen molar-refractivity contribution in [1.82, 2.24) is 25.8 Å². The van der Waals surface area contributed by atoms with Crippen LogP contribution in [0.4, 0.5) is 0 Å². The predicted octanol–water partition coefficient (Wildman–Crippen LogP) is -10.00. The van der Waals surface area contributed by atoms with Gasteiger partial charge in [-0.3, -0.25) is 9.88 Å². The van der Waals surface area contributed by atoms with Crippen LogP contribution < -0.4 is 59.0 Å². The third kappa shape index (κ3) is 29.7. The first-order chi connectivity index (χ1) is 14.9. The summed E-state index contributed by atoms with van der Waals surface area (Å²) in [6.45, 7) is 9.70. The zero-order valence-electron chi connectivity index (χ0n) is 17.8. The number of halogens is 2. The smallest absolute Gasteiger partial charge is 0.330 e. The SMILES string of the molecule is NCCCNCCN1CCNCc2cccc(n2)CNCC1.[Cu+2].[O-][Cl+3]([O-])([O-])[O-].[O-][Cl+3]([O-])([O-])[O-]. The zero-order valence-corrected chi connectivity index (χ0v) is 20.3. The fraction of sp³-hybridized carbons (Fsp3) is 0.688. The first-order valence-corrected chi connectivity index (χ1v) is 12.1. The monoisotopic (exact) mass is 567 g/mol. The number of hydrogen-bond acceptors (Lipinski definition) is 14. The van der Waals surface area contributed by atoms with Gasteiger partial charge in [0.05, 0.1) is 11.4 Å². The summed E-state index contributed by atoms with van der Waals surface area (Å²) in [6, 6.07) is 6.26. The topological polar surface area (TPSA) is 263 Å². The van der Waals surface area contributed by atoms with Gasteiger partial charge in [0.25, 0.3) is 0 Å². The van der Waals surface area contributed by atoms with E-state index in [2.05, 4.69) is 44.0 Å². The van der Waals surface area contributed by atoms with Gasteiger partial charge in [-0.1, -0.05) is 6.07 Å². The summed E-state index contributed by atoms with van der Waals surface area (Å²) >= 11 is 0. The molecule has 1 aliphatic heterocycles. The van der Waals surface area contributed by atoms with Gasteiger partial charge in [-0.2, -0.15) is 0 Å². The van der Waals surface area contributed by atoms with Crippen molar-refractivity contribution < 1.29 is 74.8 Å². The maximum Gasteiger partial charge on any atom is 2.00 e. The second kappa shape index (κ2) is 20.0. The third-order valence-corrected chi connectivity index (χ3v) is 3.85. The van der Waals surface area contributed by atoms with E-state index < -0.39 is 20.5 Å². The average molecular weight is 569 g/mol. The molecule has 2 rings (SSSR count). The largest absolute Gasteiger partial charge is 2.00 e. The maximum absolute atomic E-state index is 8.49. The molecule has 0 unspecified atom stereocenters. The summed E-state index contributed by atoms with van der Waals surface area (Å²) in [5.74, 6) is 0. The molecule has 0 spiro atoms. The van der Waals surface area contributed by atoms with Gasteiger partial charge in [-0.15, -0.1) is 20.5 Å². The first kappa shape index (κ1) is 34.9. The molecule has 197 valence electrons. The van der Waals surface area contributed by atoms with Crippen LogP contribution in [0.25, 0.3) is 0 Å². The molecule has 33 heavy (non-hydrogen) atoms. The molecule has 0 aliphatic carbocycles. The number of nitrogens with zero attached hydrogens (tertiary/aromatic N) is 2. The summed E-state index contributed by atoms with van der Waals surface area (Å²) in [6.07, 6.45) is 1.05. The van der Waals surface area contributed by atoms with Crippen molar-refractivity contribution >= 4 is 0 Å². The number of hydrogen-bond donors (Lipinski definition) is 4. The Morgan fingerprint density at radius 1 is 0.879 bits per heavy atom. The summed E-state index contributed by atoms with van der Waals surface area (Å²) < 4.78 is 67.9. The van der Waals surface area contributed by atoms with Crippen LogP contribution in [0.15, 0.2) is 18.2 Å². The van der Waals surface area contributed by atoms with E-state index in [0.717, 1.165) is 83.3 Å². The Morgan fingerprint density at radius 3 is 1.76 bits per heavy atom. The van der Waals surface area contributed by atoms with Crippen LogP contribution in [0.3, 0.4) is 0 Å².